The van der Waals surface area contributed by atoms with Gasteiger partial charge in [-0.3, -0.25) is 4.79 Å². The topological polar surface area (TPSA) is 66.8 Å². The highest BCUT2D eigenvalue weighted by Crippen LogP contribution is 2.24. The molecule has 1 aliphatic rings. The van der Waals surface area contributed by atoms with Gasteiger partial charge in [0.15, 0.2) is 0 Å². The van der Waals surface area contributed by atoms with E-state index in [0.29, 0.717) is 19.6 Å². The van der Waals surface area contributed by atoms with Gasteiger partial charge < -0.3 is 14.7 Å². The molecule has 1 amide bonds. The number of nitrogens with zero attached hydrogens (tertiary/aromatic N) is 1. The molecule has 0 aromatic heterocycles. The van der Waals surface area contributed by atoms with Crippen molar-refractivity contribution in [3.8, 4) is 0 Å². The van der Waals surface area contributed by atoms with Crippen molar-refractivity contribution >= 4 is 12.1 Å². The molecule has 1 saturated heterocycles. The number of carboxylic acids is 1. The van der Waals surface area contributed by atoms with Crippen LogP contribution in [0.2, 0.25) is 0 Å². The van der Waals surface area contributed by atoms with Gasteiger partial charge in [0.2, 0.25) is 0 Å². The molecule has 5 nitrogen and oxygen atoms in total. The number of hydrogen-bond donors (Lipinski definition) is 1. The molecule has 1 rings (SSSR count). The monoisotopic (exact) mass is 201 g/mol. The maximum absolute atomic E-state index is 11.3. The third-order valence-electron chi connectivity index (χ3n) is 2.57. The van der Waals surface area contributed by atoms with Crippen LogP contribution in [-0.2, 0) is 9.53 Å². The average molecular weight is 201 g/mol. The minimum atomic E-state index is -0.843. The van der Waals surface area contributed by atoms with E-state index in [1.165, 1.54) is 4.90 Å². The van der Waals surface area contributed by atoms with Gasteiger partial charge in [0.05, 0.1) is 12.5 Å². The summed E-state index contributed by atoms with van der Waals surface area (Å²) in [4.78, 5) is 23.6. The largest absolute Gasteiger partial charge is 0.481 e. The van der Waals surface area contributed by atoms with E-state index in [9.17, 15) is 9.59 Å². The first-order valence-corrected chi connectivity index (χ1v) is 4.74. The molecule has 0 spiro atoms. The number of rotatable bonds is 2. The van der Waals surface area contributed by atoms with E-state index < -0.39 is 18.0 Å². The SMILES string of the molecule is CCOC(=O)N1CCC(C(=O)O)C1C. The van der Waals surface area contributed by atoms with Crippen LogP contribution < -0.4 is 0 Å². The van der Waals surface area contributed by atoms with Crippen molar-refractivity contribution in [1.29, 1.82) is 0 Å². The fourth-order valence-electron chi connectivity index (χ4n) is 1.73. The van der Waals surface area contributed by atoms with Gasteiger partial charge in [-0.05, 0) is 20.3 Å². The lowest BCUT2D eigenvalue weighted by atomic mass is 10.0. The first kappa shape index (κ1) is 10.8. The van der Waals surface area contributed by atoms with Gasteiger partial charge in [-0.2, -0.15) is 0 Å². The Bertz CT molecular complexity index is 241. The second kappa shape index (κ2) is 4.30. The molecule has 1 fully saturated rings. The van der Waals surface area contributed by atoms with E-state index in [0.717, 1.165) is 0 Å². The zero-order valence-corrected chi connectivity index (χ0v) is 8.40. The molecule has 2 unspecified atom stereocenters. The summed E-state index contributed by atoms with van der Waals surface area (Å²) in [5.41, 5.74) is 0. The Kier molecular flexibility index (Phi) is 3.33. The van der Waals surface area contributed by atoms with E-state index in [4.69, 9.17) is 9.84 Å². The molecular formula is C9H15NO4. The predicted octanol–water partition coefficient (Wildman–Crippen LogP) is 0.938. The molecule has 1 heterocycles. The summed E-state index contributed by atoms with van der Waals surface area (Å²) in [7, 11) is 0. The predicted molar refractivity (Wildman–Crippen MR) is 48.9 cm³/mol. The molecule has 5 heteroatoms. The van der Waals surface area contributed by atoms with E-state index in [1.54, 1.807) is 13.8 Å². The normalized spacial score (nSPS) is 26.3. The molecule has 14 heavy (non-hydrogen) atoms. The first-order valence-electron chi connectivity index (χ1n) is 4.74. The van der Waals surface area contributed by atoms with Crippen LogP contribution in [0, 0.1) is 5.92 Å². The number of carboxylic acid groups (broad SMARTS) is 1. The van der Waals surface area contributed by atoms with Crippen molar-refractivity contribution in [2.45, 2.75) is 26.3 Å². The van der Waals surface area contributed by atoms with Gasteiger partial charge in [-0.1, -0.05) is 0 Å². The summed E-state index contributed by atoms with van der Waals surface area (Å²) >= 11 is 0. The highest BCUT2D eigenvalue weighted by molar-refractivity contribution is 5.75. The minimum Gasteiger partial charge on any atom is -0.481 e. The minimum absolute atomic E-state index is 0.272. The lowest BCUT2D eigenvalue weighted by Gasteiger charge is -2.22. The van der Waals surface area contributed by atoms with Crippen LogP contribution in [0.4, 0.5) is 4.79 Å². The Balaban J connectivity index is 2.59. The fraction of sp³-hybridized carbons (Fsp3) is 0.778. The molecule has 0 radical (unpaired) electrons. The molecule has 0 aromatic rings. The van der Waals surface area contributed by atoms with Crippen LogP contribution in [0.25, 0.3) is 0 Å². The number of likely N-dealkylation sites (tertiary alicyclic amines) is 1. The summed E-state index contributed by atoms with van der Waals surface area (Å²) in [5, 5.41) is 8.83. The number of ether oxygens (including phenoxy) is 1. The molecule has 0 saturated carbocycles. The Morgan fingerprint density at radius 1 is 1.57 bits per heavy atom. The third-order valence-corrected chi connectivity index (χ3v) is 2.57. The van der Waals surface area contributed by atoms with Gasteiger partial charge >= 0.3 is 12.1 Å². The van der Waals surface area contributed by atoms with Crippen LogP contribution in [0.3, 0.4) is 0 Å². The maximum atomic E-state index is 11.3. The molecule has 0 aliphatic carbocycles. The molecule has 1 N–H and O–H groups in total. The third kappa shape index (κ3) is 1.97. The summed E-state index contributed by atoms with van der Waals surface area (Å²) in [5.74, 6) is -1.30. The number of carbonyl (C=O) groups excluding carboxylic acids is 1. The van der Waals surface area contributed by atoms with Crippen molar-refractivity contribution in [3.05, 3.63) is 0 Å². The van der Waals surface area contributed by atoms with Gasteiger partial charge in [-0.15, -0.1) is 0 Å². The van der Waals surface area contributed by atoms with E-state index in [-0.39, 0.29) is 6.04 Å². The first-order chi connectivity index (χ1) is 6.57. The van der Waals surface area contributed by atoms with Crippen molar-refractivity contribution in [2.24, 2.45) is 5.92 Å². The van der Waals surface area contributed by atoms with Crippen molar-refractivity contribution in [2.75, 3.05) is 13.2 Å². The smallest absolute Gasteiger partial charge is 0.410 e. The Morgan fingerprint density at radius 2 is 2.21 bits per heavy atom. The highest BCUT2D eigenvalue weighted by Gasteiger charge is 2.38. The average Bonchev–Trinajstić information content (AvgIpc) is 2.47. The van der Waals surface area contributed by atoms with Gasteiger partial charge in [-0.25, -0.2) is 4.79 Å². The van der Waals surface area contributed by atoms with Crippen LogP contribution >= 0.6 is 0 Å². The van der Waals surface area contributed by atoms with Crippen LogP contribution in [0.1, 0.15) is 20.3 Å². The van der Waals surface area contributed by atoms with Gasteiger partial charge in [0.1, 0.15) is 0 Å². The van der Waals surface area contributed by atoms with Crippen LogP contribution in [0.15, 0.2) is 0 Å². The standard InChI is InChI=1S/C9H15NO4/c1-3-14-9(13)10-5-4-7(6(10)2)8(11)12/h6-7H,3-5H2,1-2H3,(H,11,12). The Hall–Kier alpha value is -1.26. The maximum Gasteiger partial charge on any atom is 0.410 e. The van der Waals surface area contributed by atoms with E-state index in [1.807, 2.05) is 0 Å². The van der Waals surface area contributed by atoms with E-state index >= 15 is 0 Å². The summed E-state index contributed by atoms with van der Waals surface area (Å²) in [6.07, 6.45) is 0.0960. The lowest BCUT2D eigenvalue weighted by molar-refractivity contribution is -0.142. The zero-order chi connectivity index (χ0) is 10.7. The van der Waals surface area contributed by atoms with Crippen molar-refractivity contribution < 1.29 is 19.4 Å². The molecule has 80 valence electrons. The number of amides is 1. The number of hydrogen-bond acceptors (Lipinski definition) is 3. The number of aliphatic carboxylic acids is 1. The Labute approximate surface area is 82.6 Å². The highest BCUT2D eigenvalue weighted by atomic mass is 16.6. The fourth-order valence-corrected chi connectivity index (χ4v) is 1.73. The van der Waals surface area contributed by atoms with Crippen LogP contribution in [0.5, 0.6) is 0 Å². The summed E-state index contributed by atoms with van der Waals surface area (Å²) < 4.78 is 4.82. The molecule has 0 bridgehead atoms. The Morgan fingerprint density at radius 3 is 2.64 bits per heavy atom. The molecule has 0 aromatic carbocycles. The van der Waals surface area contributed by atoms with E-state index in [2.05, 4.69) is 0 Å². The van der Waals surface area contributed by atoms with Crippen LogP contribution in [-0.4, -0.2) is 41.3 Å². The second-order valence-electron chi connectivity index (χ2n) is 3.37. The second-order valence-corrected chi connectivity index (χ2v) is 3.37. The quantitative estimate of drug-likeness (QED) is 0.722. The molecular weight excluding hydrogens is 186 g/mol. The van der Waals surface area contributed by atoms with Crippen molar-refractivity contribution in [1.82, 2.24) is 4.90 Å². The summed E-state index contributed by atoms with van der Waals surface area (Å²) in [6.45, 7) is 4.26. The van der Waals surface area contributed by atoms with Gasteiger partial charge in [0, 0.05) is 12.6 Å². The number of carbonyl (C=O) groups is 2. The van der Waals surface area contributed by atoms with Gasteiger partial charge in [0.25, 0.3) is 0 Å². The van der Waals surface area contributed by atoms with Crippen molar-refractivity contribution in [3.63, 3.8) is 0 Å². The molecule has 1 aliphatic heterocycles. The summed E-state index contributed by atoms with van der Waals surface area (Å²) in [6, 6.07) is -0.272. The molecule has 2 atom stereocenters. The lowest BCUT2D eigenvalue weighted by Crippen LogP contribution is -2.37. The zero-order valence-electron chi connectivity index (χ0n) is 8.40.